The lowest BCUT2D eigenvalue weighted by atomic mass is 9.84. The van der Waals surface area contributed by atoms with E-state index in [0.29, 0.717) is 0 Å². The predicted octanol–water partition coefficient (Wildman–Crippen LogP) is 0.961. The number of aliphatic hydroxyl groups is 1. The zero-order chi connectivity index (χ0) is 10.0. The Labute approximate surface area is 84.2 Å². The number of nitrogens with one attached hydrogen (secondary N) is 1. The molecule has 0 aliphatic carbocycles. The van der Waals surface area contributed by atoms with Crippen molar-refractivity contribution in [2.75, 3.05) is 13.1 Å². The average molecular weight is 192 g/mol. The summed E-state index contributed by atoms with van der Waals surface area (Å²) < 4.78 is 0. The molecule has 76 valence electrons. The van der Waals surface area contributed by atoms with Crippen LogP contribution < -0.4 is 5.32 Å². The van der Waals surface area contributed by atoms with Crippen molar-refractivity contribution in [1.29, 1.82) is 0 Å². The van der Waals surface area contributed by atoms with Crippen molar-refractivity contribution >= 4 is 0 Å². The van der Waals surface area contributed by atoms with E-state index < -0.39 is 5.60 Å². The molecule has 1 aliphatic rings. The lowest BCUT2D eigenvalue weighted by Gasteiger charge is -2.33. The van der Waals surface area contributed by atoms with Crippen molar-refractivity contribution in [2.24, 2.45) is 0 Å². The summed E-state index contributed by atoms with van der Waals surface area (Å²) in [4.78, 5) is 4.09. The van der Waals surface area contributed by atoms with Crippen LogP contribution in [0.1, 0.15) is 24.0 Å². The maximum absolute atomic E-state index is 10.4. The van der Waals surface area contributed by atoms with Gasteiger partial charge in [0.1, 0.15) is 0 Å². The lowest BCUT2D eigenvalue weighted by molar-refractivity contribution is 0.00507. The average Bonchev–Trinajstić information content (AvgIpc) is 2.19. The van der Waals surface area contributed by atoms with Crippen molar-refractivity contribution < 1.29 is 5.11 Å². The summed E-state index contributed by atoms with van der Waals surface area (Å²) in [6.07, 6.45) is 5.11. The molecule has 1 aliphatic heterocycles. The van der Waals surface area contributed by atoms with Gasteiger partial charge in [-0.1, -0.05) is 0 Å². The van der Waals surface area contributed by atoms with Gasteiger partial charge >= 0.3 is 0 Å². The Morgan fingerprint density at radius 2 is 2.14 bits per heavy atom. The van der Waals surface area contributed by atoms with E-state index in [1.165, 1.54) is 0 Å². The Morgan fingerprint density at radius 3 is 2.79 bits per heavy atom. The topological polar surface area (TPSA) is 45.2 Å². The maximum atomic E-state index is 10.4. The largest absolute Gasteiger partial charge is 0.385 e. The van der Waals surface area contributed by atoms with E-state index in [0.717, 1.165) is 37.1 Å². The fraction of sp³-hybridized carbons (Fsp3) is 0.545. The highest BCUT2D eigenvalue weighted by Crippen LogP contribution is 2.31. The van der Waals surface area contributed by atoms with Gasteiger partial charge in [0, 0.05) is 18.0 Å². The van der Waals surface area contributed by atoms with Gasteiger partial charge in [0.15, 0.2) is 0 Å². The lowest BCUT2D eigenvalue weighted by Crippen LogP contribution is -2.40. The van der Waals surface area contributed by atoms with Gasteiger partial charge in [0.2, 0.25) is 0 Å². The van der Waals surface area contributed by atoms with E-state index >= 15 is 0 Å². The highest BCUT2D eigenvalue weighted by Gasteiger charge is 2.32. The molecule has 0 amide bonds. The third-order valence-electron chi connectivity index (χ3n) is 2.97. The van der Waals surface area contributed by atoms with Gasteiger partial charge < -0.3 is 10.4 Å². The standard InChI is InChI=1S/C11H16N2O/c1-9-2-5-13-8-10(9)11(14)3-6-12-7-4-11/h2,5,8,12,14H,3-4,6-7H2,1H3. The predicted molar refractivity (Wildman–Crippen MR) is 55.0 cm³/mol. The van der Waals surface area contributed by atoms with Crippen molar-refractivity contribution in [1.82, 2.24) is 10.3 Å². The van der Waals surface area contributed by atoms with E-state index in [1.807, 2.05) is 13.0 Å². The van der Waals surface area contributed by atoms with Crippen LogP contribution in [-0.4, -0.2) is 23.2 Å². The number of rotatable bonds is 1. The fourth-order valence-electron chi connectivity index (χ4n) is 2.06. The van der Waals surface area contributed by atoms with Crippen molar-refractivity contribution in [2.45, 2.75) is 25.4 Å². The normalized spacial score (nSPS) is 20.7. The van der Waals surface area contributed by atoms with Crippen molar-refractivity contribution in [3.63, 3.8) is 0 Å². The third-order valence-corrected chi connectivity index (χ3v) is 2.97. The van der Waals surface area contributed by atoms with Crippen LogP contribution in [0.5, 0.6) is 0 Å². The molecule has 0 spiro atoms. The molecule has 1 fully saturated rings. The minimum Gasteiger partial charge on any atom is -0.385 e. The Morgan fingerprint density at radius 1 is 1.43 bits per heavy atom. The van der Waals surface area contributed by atoms with Gasteiger partial charge in [-0.3, -0.25) is 4.98 Å². The van der Waals surface area contributed by atoms with E-state index in [1.54, 1.807) is 12.4 Å². The van der Waals surface area contributed by atoms with E-state index in [-0.39, 0.29) is 0 Å². The quantitative estimate of drug-likeness (QED) is 0.696. The van der Waals surface area contributed by atoms with Crippen LogP contribution in [-0.2, 0) is 5.60 Å². The summed E-state index contributed by atoms with van der Waals surface area (Å²) >= 11 is 0. The van der Waals surface area contributed by atoms with Gasteiger partial charge in [0.05, 0.1) is 5.60 Å². The van der Waals surface area contributed by atoms with Crippen LogP contribution in [0.15, 0.2) is 18.5 Å². The number of hydrogen-bond donors (Lipinski definition) is 2. The highest BCUT2D eigenvalue weighted by atomic mass is 16.3. The molecular formula is C11H16N2O. The second-order valence-electron chi connectivity index (χ2n) is 3.97. The highest BCUT2D eigenvalue weighted by molar-refractivity contribution is 5.28. The number of nitrogens with zero attached hydrogens (tertiary/aromatic N) is 1. The number of aromatic nitrogens is 1. The first-order valence-corrected chi connectivity index (χ1v) is 5.06. The second-order valence-corrected chi connectivity index (χ2v) is 3.97. The molecule has 1 aromatic heterocycles. The van der Waals surface area contributed by atoms with Crippen molar-refractivity contribution in [3.05, 3.63) is 29.6 Å². The maximum Gasteiger partial charge on any atom is 0.0938 e. The number of hydrogen-bond acceptors (Lipinski definition) is 3. The molecule has 3 nitrogen and oxygen atoms in total. The molecule has 0 unspecified atom stereocenters. The molecular weight excluding hydrogens is 176 g/mol. The summed E-state index contributed by atoms with van der Waals surface area (Å²) in [5, 5.41) is 13.7. The van der Waals surface area contributed by atoms with E-state index in [2.05, 4.69) is 10.3 Å². The van der Waals surface area contributed by atoms with Crippen LogP contribution in [0.25, 0.3) is 0 Å². The first-order chi connectivity index (χ1) is 6.72. The first kappa shape index (κ1) is 9.62. The van der Waals surface area contributed by atoms with Gasteiger partial charge in [-0.2, -0.15) is 0 Å². The Bertz CT molecular complexity index is 319. The molecule has 0 bridgehead atoms. The SMILES string of the molecule is Cc1ccncc1C1(O)CCNCC1. The van der Waals surface area contributed by atoms with Gasteiger partial charge in [-0.25, -0.2) is 0 Å². The monoisotopic (exact) mass is 192 g/mol. The summed E-state index contributed by atoms with van der Waals surface area (Å²) in [6, 6.07) is 1.95. The van der Waals surface area contributed by atoms with Crippen LogP contribution in [0.2, 0.25) is 0 Å². The molecule has 0 radical (unpaired) electrons. The zero-order valence-electron chi connectivity index (χ0n) is 8.45. The Balaban J connectivity index is 2.32. The van der Waals surface area contributed by atoms with E-state index in [9.17, 15) is 5.11 Å². The Kier molecular flexibility index (Phi) is 2.52. The number of piperidine rings is 1. The molecule has 1 aromatic rings. The van der Waals surface area contributed by atoms with Gasteiger partial charge in [0.25, 0.3) is 0 Å². The zero-order valence-corrected chi connectivity index (χ0v) is 8.45. The molecule has 0 saturated carbocycles. The fourth-order valence-corrected chi connectivity index (χ4v) is 2.06. The first-order valence-electron chi connectivity index (χ1n) is 5.06. The summed E-state index contributed by atoms with van der Waals surface area (Å²) in [7, 11) is 0. The minimum atomic E-state index is -0.663. The summed E-state index contributed by atoms with van der Waals surface area (Å²) in [5.74, 6) is 0. The third kappa shape index (κ3) is 1.65. The molecule has 2 rings (SSSR count). The summed E-state index contributed by atoms with van der Waals surface area (Å²) in [5.41, 5.74) is 1.45. The van der Waals surface area contributed by atoms with E-state index in [4.69, 9.17) is 0 Å². The van der Waals surface area contributed by atoms with Gasteiger partial charge in [-0.15, -0.1) is 0 Å². The van der Waals surface area contributed by atoms with Crippen LogP contribution in [0.4, 0.5) is 0 Å². The minimum absolute atomic E-state index is 0.663. The molecule has 2 N–H and O–H groups in total. The van der Waals surface area contributed by atoms with Gasteiger partial charge in [-0.05, 0) is 44.5 Å². The number of aryl methyl sites for hydroxylation is 1. The smallest absolute Gasteiger partial charge is 0.0938 e. The van der Waals surface area contributed by atoms with Crippen molar-refractivity contribution in [3.8, 4) is 0 Å². The van der Waals surface area contributed by atoms with Crippen LogP contribution >= 0.6 is 0 Å². The molecule has 0 atom stereocenters. The summed E-state index contributed by atoms with van der Waals surface area (Å²) in [6.45, 7) is 3.78. The molecule has 2 heterocycles. The van der Waals surface area contributed by atoms with Crippen LogP contribution in [0.3, 0.4) is 0 Å². The molecule has 14 heavy (non-hydrogen) atoms. The second kappa shape index (κ2) is 3.67. The molecule has 3 heteroatoms. The Hall–Kier alpha value is -0.930. The van der Waals surface area contributed by atoms with Crippen LogP contribution in [0, 0.1) is 6.92 Å². The molecule has 0 aromatic carbocycles. The molecule has 1 saturated heterocycles. The number of pyridine rings is 1.